The number of likely N-dealkylation sites (tertiary alicyclic amines) is 1. The van der Waals surface area contributed by atoms with Crippen LogP contribution in [0.1, 0.15) is 23.2 Å². The summed E-state index contributed by atoms with van der Waals surface area (Å²) in [5.41, 5.74) is 0.743. The van der Waals surface area contributed by atoms with E-state index < -0.39 is 0 Å². The van der Waals surface area contributed by atoms with E-state index in [0.29, 0.717) is 5.25 Å². The molecule has 0 unspecified atom stereocenters. The van der Waals surface area contributed by atoms with Crippen LogP contribution in [-0.4, -0.2) is 35.4 Å². The average Bonchev–Trinajstić information content (AvgIpc) is 2.41. The van der Waals surface area contributed by atoms with Crippen molar-refractivity contribution in [1.82, 2.24) is 4.90 Å². The first-order chi connectivity index (χ1) is 8.61. The maximum absolute atomic E-state index is 12.4. The molecule has 2 rings (SSSR count). The highest BCUT2D eigenvalue weighted by Gasteiger charge is 2.24. The zero-order chi connectivity index (χ0) is 13.1. The van der Waals surface area contributed by atoms with E-state index in [1.54, 1.807) is 0 Å². The predicted molar refractivity (Wildman–Crippen MR) is 84.3 cm³/mol. The van der Waals surface area contributed by atoms with Gasteiger partial charge < -0.3 is 4.90 Å². The number of rotatable bonds is 2. The Bertz CT molecular complexity index is 445. The van der Waals surface area contributed by atoms with E-state index in [2.05, 4.69) is 38.1 Å². The molecule has 0 saturated carbocycles. The summed E-state index contributed by atoms with van der Waals surface area (Å²) in [7, 11) is 0. The van der Waals surface area contributed by atoms with Gasteiger partial charge >= 0.3 is 0 Å². The number of nitrogens with zero attached hydrogens (tertiary/aromatic N) is 1. The van der Waals surface area contributed by atoms with Gasteiger partial charge in [0.2, 0.25) is 0 Å². The fraction of sp³-hybridized carbons (Fsp3) is 0.462. The molecule has 1 aliphatic heterocycles. The zero-order valence-corrected chi connectivity index (χ0v) is 14.1. The number of amides is 1. The molecule has 0 radical (unpaired) electrons. The summed E-state index contributed by atoms with van der Waals surface area (Å²) in [5.74, 6) is 0.128. The number of piperidine rings is 1. The van der Waals surface area contributed by atoms with Crippen LogP contribution in [0, 0.1) is 0 Å². The maximum atomic E-state index is 12.4. The lowest BCUT2D eigenvalue weighted by Crippen LogP contribution is -2.39. The van der Waals surface area contributed by atoms with Crippen LogP contribution in [0.15, 0.2) is 27.1 Å². The van der Waals surface area contributed by atoms with E-state index in [9.17, 15) is 4.79 Å². The van der Waals surface area contributed by atoms with Gasteiger partial charge in [0.25, 0.3) is 5.91 Å². The Morgan fingerprint density at radius 3 is 2.61 bits per heavy atom. The summed E-state index contributed by atoms with van der Waals surface area (Å²) >= 11 is 8.77. The topological polar surface area (TPSA) is 20.3 Å². The molecule has 0 bridgehead atoms. The van der Waals surface area contributed by atoms with Crippen molar-refractivity contribution in [2.24, 2.45) is 0 Å². The lowest BCUT2D eigenvalue weighted by atomic mass is 10.1. The molecule has 2 nitrogen and oxygen atoms in total. The van der Waals surface area contributed by atoms with Crippen LogP contribution in [0.25, 0.3) is 0 Å². The molecule has 98 valence electrons. The van der Waals surface area contributed by atoms with Crippen LogP contribution in [0.5, 0.6) is 0 Å². The summed E-state index contributed by atoms with van der Waals surface area (Å²) in [5, 5.41) is 0.708. The van der Waals surface area contributed by atoms with E-state index >= 15 is 0 Å². The summed E-state index contributed by atoms with van der Waals surface area (Å²) in [6.07, 6.45) is 4.34. The van der Waals surface area contributed by atoms with Crippen LogP contribution in [0.3, 0.4) is 0 Å². The van der Waals surface area contributed by atoms with Gasteiger partial charge in [0.15, 0.2) is 0 Å². The molecule has 0 aliphatic carbocycles. The minimum absolute atomic E-state index is 0.128. The largest absolute Gasteiger partial charge is 0.339 e. The first-order valence-corrected chi connectivity index (χ1v) is 8.76. The van der Waals surface area contributed by atoms with Gasteiger partial charge in [0.1, 0.15) is 0 Å². The maximum Gasteiger partial charge on any atom is 0.255 e. The Morgan fingerprint density at radius 1 is 1.33 bits per heavy atom. The molecule has 0 N–H and O–H groups in total. The SMILES string of the molecule is CSC1CCN(C(=O)c2cc(Br)ccc2Br)CC1. The third kappa shape index (κ3) is 3.31. The number of hydrogen-bond acceptors (Lipinski definition) is 2. The molecule has 0 atom stereocenters. The minimum Gasteiger partial charge on any atom is -0.339 e. The lowest BCUT2D eigenvalue weighted by molar-refractivity contribution is 0.0726. The van der Waals surface area contributed by atoms with E-state index in [1.165, 1.54) is 0 Å². The van der Waals surface area contributed by atoms with Gasteiger partial charge in [-0.25, -0.2) is 0 Å². The molecule has 18 heavy (non-hydrogen) atoms. The molecule has 0 spiro atoms. The summed E-state index contributed by atoms with van der Waals surface area (Å²) in [6.45, 7) is 1.73. The molecule has 1 saturated heterocycles. The van der Waals surface area contributed by atoms with Gasteiger partial charge in [-0.3, -0.25) is 4.79 Å². The Morgan fingerprint density at radius 2 is 2.00 bits per heavy atom. The second-order valence-corrected chi connectivity index (χ2v) is 7.26. The monoisotopic (exact) mass is 391 g/mol. The van der Waals surface area contributed by atoms with Gasteiger partial charge in [-0.2, -0.15) is 11.8 Å². The van der Waals surface area contributed by atoms with Crippen molar-refractivity contribution in [1.29, 1.82) is 0 Å². The fourth-order valence-electron chi connectivity index (χ4n) is 2.13. The molecule has 0 aromatic heterocycles. The normalized spacial score (nSPS) is 16.9. The molecule has 1 fully saturated rings. The molecule has 1 heterocycles. The second kappa shape index (κ2) is 6.44. The Kier molecular flexibility index (Phi) is 5.15. The lowest BCUT2D eigenvalue weighted by Gasteiger charge is -2.31. The fourth-order valence-corrected chi connectivity index (χ4v) is 3.59. The van der Waals surface area contributed by atoms with Gasteiger partial charge in [-0.15, -0.1) is 0 Å². The molecular formula is C13H15Br2NOS. The molecule has 5 heteroatoms. The first-order valence-electron chi connectivity index (χ1n) is 5.89. The van der Waals surface area contributed by atoms with Crippen LogP contribution in [-0.2, 0) is 0 Å². The Hall–Kier alpha value is -0.000000000000000111. The molecular weight excluding hydrogens is 378 g/mol. The second-order valence-electron chi connectivity index (χ2n) is 4.35. The smallest absolute Gasteiger partial charge is 0.255 e. The average molecular weight is 393 g/mol. The highest BCUT2D eigenvalue weighted by molar-refractivity contribution is 9.11. The standard InChI is InChI=1S/C13H15Br2NOS/c1-18-10-4-6-16(7-5-10)13(17)11-8-9(14)2-3-12(11)15/h2-3,8,10H,4-7H2,1H3. The van der Waals surface area contributed by atoms with E-state index in [-0.39, 0.29) is 5.91 Å². The van der Waals surface area contributed by atoms with Crippen molar-refractivity contribution < 1.29 is 4.79 Å². The van der Waals surface area contributed by atoms with Crippen molar-refractivity contribution in [3.63, 3.8) is 0 Å². The highest BCUT2D eigenvalue weighted by atomic mass is 79.9. The van der Waals surface area contributed by atoms with E-state index in [1.807, 2.05) is 34.9 Å². The van der Waals surface area contributed by atoms with Crippen molar-refractivity contribution in [3.8, 4) is 0 Å². The first kappa shape index (κ1) is 14.4. The highest BCUT2D eigenvalue weighted by Crippen LogP contribution is 2.26. The molecule has 1 aromatic rings. The molecule has 1 amide bonds. The van der Waals surface area contributed by atoms with Crippen molar-refractivity contribution >= 4 is 49.5 Å². The van der Waals surface area contributed by atoms with Gasteiger partial charge in [0.05, 0.1) is 5.56 Å². The summed E-state index contributed by atoms with van der Waals surface area (Å²) < 4.78 is 1.80. The number of thioether (sulfide) groups is 1. The van der Waals surface area contributed by atoms with Gasteiger partial charge in [-0.1, -0.05) is 15.9 Å². The van der Waals surface area contributed by atoms with Crippen LogP contribution >= 0.6 is 43.6 Å². The summed E-state index contributed by atoms with van der Waals surface area (Å²) in [6, 6.07) is 5.72. The van der Waals surface area contributed by atoms with Gasteiger partial charge in [0, 0.05) is 27.3 Å². The van der Waals surface area contributed by atoms with E-state index in [0.717, 1.165) is 40.4 Å². The van der Waals surface area contributed by atoms with Crippen molar-refractivity contribution in [2.75, 3.05) is 19.3 Å². The molecule has 1 aliphatic rings. The van der Waals surface area contributed by atoms with Crippen LogP contribution in [0.4, 0.5) is 0 Å². The van der Waals surface area contributed by atoms with Crippen molar-refractivity contribution in [3.05, 3.63) is 32.7 Å². The minimum atomic E-state index is 0.128. The predicted octanol–water partition coefficient (Wildman–Crippen LogP) is 4.18. The number of benzene rings is 1. The van der Waals surface area contributed by atoms with Crippen LogP contribution < -0.4 is 0 Å². The molecule has 1 aromatic carbocycles. The number of halogens is 2. The quantitative estimate of drug-likeness (QED) is 0.752. The third-order valence-electron chi connectivity index (χ3n) is 3.22. The third-order valence-corrected chi connectivity index (χ3v) is 5.54. The van der Waals surface area contributed by atoms with Crippen LogP contribution in [0.2, 0.25) is 0 Å². The van der Waals surface area contributed by atoms with E-state index in [4.69, 9.17) is 0 Å². The number of carbonyl (C=O) groups is 1. The van der Waals surface area contributed by atoms with Crippen molar-refractivity contribution in [2.45, 2.75) is 18.1 Å². The summed E-state index contributed by atoms with van der Waals surface area (Å²) in [4.78, 5) is 14.4. The Labute approximate surface area is 129 Å². The number of hydrogen-bond donors (Lipinski definition) is 0. The zero-order valence-electron chi connectivity index (χ0n) is 10.2. The number of carbonyl (C=O) groups excluding carboxylic acids is 1. The van der Waals surface area contributed by atoms with Gasteiger partial charge in [-0.05, 0) is 53.2 Å². The Balaban J connectivity index is 2.10.